The van der Waals surface area contributed by atoms with E-state index in [2.05, 4.69) is 37.6 Å². The van der Waals surface area contributed by atoms with Crippen LogP contribution in [-0.4, -0.2) is 36.6 Å². The summed E-state index contributed by atoms with van der Waals surface area (Å²) < 4.78 is 0. The van der Waals surface area contributed by atoms with Crippen LogP contribution in [0.3, 0.4) is 0 Å². The zero-order chi connectivity index (χ0) is 11.4. The molecule has 0 spiro atoms. The second-order valence-electron chi connectivity index (χ2n) is 4.54. The van der Waals surface area contributed by atoms with Gasteiger partial charge in [-0.15, -0.1) is 0 Å². The maximum absolute atomic E-state index is 5.87. The fourth-order valence-corrected chi connectivity index (χ4v) is 2.59. The summed E-state index contributed by atoms with van der Waals surface area (Å²) >= 11 is 5.87. The summed E-state index contributed by atoms with van der Waals surface area (Å²) in [6.45, 7) is 13.6. The lowest BCUT2D eigenvalue weighted by atomic mass is 9.87. The van der Waals surface area contributed by atoms with Crippen molar-refractivity contribution in [3.8, 4) is 0 Å². The van der Waals surface area contributed by atoms with Crippen LogP contribution in [-0.2, 0) is 0 Å². The molecule has 1 aliphatic heterocycles. The van der Waals surface area contributed by atoms with E-state index in [0.29, 0.717) is 18.0 Å². The Balaban J connectivity index is 2.52. The van der Waals surface area contributed by atoms with Gasteiger partial charge in [-0.05, 0) is 25.8 Å². The molecule has 1 fully saturated rings. The Hall–Kier alpha value is -0.0500. The Morgan fingerprint density at radius 3 is 2.73 bits per heavy atom. The van der Waals surface area contributed by atoms with Crippen LogP contribution in [0.4, 0.5) is 0 Å². The summed E-state index contributed by atoms with van der Waals surface area (Å²) in [5.74, 6) is 0.676. The van der Waals surface area contributed by atoms with Crippen molar-refractivity contribution < 1.29 is 0 Å². The highest BCUT2D eigenvalue weighted by atomic mass is 35.5. The van der Waals surface area contributed by atoms with Gasteiger partial charge >= 0.3 is 0 Å². The van der Waals surface area contributed by atoms with Crippen molar-refractivity contribution >= 4 is 11.6 Å². The smallest absolute Gasteiger partial charge is 0.0338 e. The van der Waals surface area contributed by atoms with Gasteiger partial charge in [0.2, 0.25) is 0 Å². The molecule has 15 heavy (non-hydrogen) atoms. The first-order valence-corrected chi connectivity index (χ1v) is 6.24. The summed E-state index contributed by atoms with van der Waals surface area (Å²) in [7, 11) is 0. The van der Waals surface area contributed by atoms with Gasteiger partial charge in [-0.1, -0.05) is 32.0 Å². The SMILES string of the molecule is C=C(Cl)CN1CCC(NCC)C(C)C1C. The molecule has 0 amide bonds. The summed E-state index contributed by atoms with van der Waals surface area (Å²) in [6, 6.07) is 1.24. The Bertz CT molecular complexity index is 218. The fourth-order valence-electron chi connectivity index (χ4n) is 2.43. The topological polar surface area (TPSA) is 15.3 Å². The zero-order valence-electron chi connectivity index (χ0n) is 10.1. The minimum absolute atomic E-state index is 0.582. The molecule has 3 atom stereocenters. The van der Waals surface area contributed by atoms with E-state index in [1.54, 1.807) is 0 Å². The molecule has 1 N–H and O–H groups in total. The third-order valence-electron chi connectivity index (χ3n) is 3.54. The lowest BCUT2D eigenvalue weighted by molar-refractivity contribution is 0.0960. The van der Waals surface area contributed by atoms with Gasteiger partial charge in [0.25, 0.3) is 0 Å². The van der Waals surface area contributed by atoms with Gasteiger partial charge in [0.1, 0.15) is 0 Å². The van der Waals surface area contributed by atoms with Crippen molar-refractivity contribution in [1.29, 1.82) is 0 Å². The minimum Gasteiger partial charge on any atom is -0.314 e. The molecule has 0 aromatic heterocycles. The number of halogens is 1. The van der Waals surface area contributed by atoms with E-state index in [1.807, 2.05) is 0 Å². The quantitative estimate of drug-likeness (QED) is 0.798. The average molecular weight is 231 g/mol. The van der Waals surface area contributed by atoms with Crippen LogP contribution in [0.25, 0.3) is 0 Å². The van der Waals surface area contributed by atoms with Crippen LogP contribution in [0.1, 0.15) is 27.2 Å². The van der Waals surface area contributed by atoms with Crippen LogP contribution >= 0.6 is 11.6 Å². The molecule has 0 aromatic rings. The van der Waals surface area contributed by atoms with Gasteiger partial charge in [-0.3, -0.25) is 4.90 Å². The first kappa shape index (κ1) is 13.0. The maximum Gasteiger partial charge on any atom is 0.0338 e. The number of likely N-dealkylation sites (tertiary alicyclic amines) is 1. The molecule has 0 radical (unpaired) electrons. The molecule has 2 nitrogen and oxygen atoms in total. The fraction of sp³-hybridized carbons (Fsp3) is 0.833. The lowest BCUT2D eigenvalue weighted by Crippen LogP contribution is -2.53. The number of hydrogen-bond acceptors (Lipinski definition) is 2. The number of nitrogens with one attached hydrogen (secondary N) is 1. The van der Waals surface area contributed by atoms with Gasteiger partial charge < -0.3 is 5.32 Å². The van der Waals surface area contributed by atoms with Crippen molar-refractivity contribution in [2.24, 2.45) is 5.92 Å². The normalized spacial score (nSPS) is 32.9. The van der Waals surface area contributed by atoms with E-state index in [0.717, 1.165) is 24.7 Å². The second-order valence-corrected chi connectivity index (χ2v) is 5.07. The van der Waals surface area contributed by atoms with E-state index >= 15 is 0 Å². The van der Waals surface area contributed by atoms with Crippen LogP contribution < -0.4 is 5.32 Å². The molecular weight excluding hydrogens is 208 g/mol. The van der Waals surface area contributed by atoms with E-state index in [4.69, 9.17) is 11.6 Å². The highest BCUT2D eigenvalue weighted by Gasteiger charge is 2.31. The Morgan fingerprint density at radius 1 is 1.53 bits per heavy atom. The number of rotatable bonds is 4. The highest BCUT2D eigenvalue weighted by Crippen LogP contribution is 2.24. The molecule has 1 saturated heterocycles. The average Bonchev–Trinajstić information content (AvgIpc) is 2.17. The summed E-state index contributed by atoms with van der Waals surface area (Å²) in [5, 5.41) is 4.30. The number of piperidine rings is 1. The van der Waals surface area contributed by atoms with E-state index in [-0.39, 0.29) is 0 Å². The van der Waals surface area contributed by atoms with Gasteiger partial charge in [0.15, 0.2) is 0 Å². The van der Waals surface area contributed by atoms with Crippen molar-refractivity contribution in [2.45, 2.75) is 39.3 Å². The van der Waals surface area contributed by atoms with Gasteiger partial charge in [0.05, 0.1) is 0 Å². The zero-order valence-corrected chi connectivity index (χ0v) is 10.8. The summed E-state index contributed by atoms with van der Waals surface area (Å²) in [6.07, 6.45) is 1.21. The van der Waals surface area contributed by atoms with Gasteiger partial charge in [-0.25, -0.2) is 0 Å². The molecule has 1 heterocycles. The van der Waals surface area contributed by atoms with E-state index < -0.39 is 0 Å². The van der Waals surface area contributed by atoms with Crippen LogP contribution in [0, 0.1) is 5.92 Å². The maximum atomic E-state index is 5.87. The highest BCUT2D eigenvalue weighted by molar-refractivity contribution is 6.29. The van der Waals surface area contributed by atoms with Crippen molar-refractivity contribution in [3.05, 3.63) is 11.6 Å². The molecule has 3 unspecified atom stereocenters. The largest absolute Gasteiger partial charge is 0.314 e. The number of hydrogen-bond donors (Lipinski definition) is 1. The Morgan fingerprint density at radius 2 is 2.20 bits per heavy atom. The van der Waals surface area contributed by atoms with E-state index in [9.17, 15) is 0 Å². The molecule has 88 valence electrons. The van der Waals surface area contributed by atoms with E-state index in [1.165, 1.54) is 6.42 Å². The molecule has 1 rings (SSSR count). The molecule has 0 saturated carbocycles. The summed E-state index contributed by atoms with van der Waals surface area (Å²) in [5.41, 5.74) is 0. The number of nitrogens with zero attached hydrogens (tertiary/aromatic N) is 1. The van der Waals surface area contributed by atoms with Crippen molar-refractivity contribution in [1.82, 2.24) is 10.2 Å². The molecule has 1 aliphatic rings. The molecule has 3 heteroatoms. The lowest BCUT2D eigenvalue weighted by Gasteiger charge is -2.43. The first-order chi connectivity index (χ1) is 7.06. The minimum atomic E-state index is 0.582. The second kappa shape index (κ2) is 5.88. The van der Waals surface area contributed by atoms with Crippen molar-refractivity contribution in [3.63, 3.8) is 0 Å². The first-order valence-electron chi connectivity index (χ1n) is 5.87. The van der Waals surface area contributed by atoms with Crippen LogP contribution in [0.2, 0.25) is 0 Å². The standard InChI is InChI=1S/C12H23ClN2/c1-5-14-12-6-7-15(8-9(2)13)11(4)10(12)3/h10-12,14H,2,5-8H2,1,3-4H3. The van der Waals surface area contributed by atoms with Crippen molar-refractivity contribution in [2.75, 3.05) is 19.6 Å². The monoisotopic (exact) mass is 230 g/mol. The Kier molecular flexibility index (Phi) is 5.10. The predicted octanol–water partition coefficient (Wildman–Crippen LogP) is 2.45. The molecule has 0 aliphatic carbocycles. The van der Waals surface area contributed by atoms with Crippen LogP contribution in [0.15, 0.2) is 11.6 Å². The Labute approximate surface area is 98.7 Å². The third-order valence-corrected chi connectivity index (χ3v) is 3.66. The molecular formula is C12H23ClN2. The third kappa shape index (κ3) is 3.47. The molecule has 0 aromatic carbocycles. The van der Waals surface area contributed by atoms with Gasteiger partial charge in [0, 0.05) is 30.2 Å². The van der Waals surface area contributed by atoms with Gasteiger partial charge in [-0.2, -0.15) is 0 Å². The predicted molar refractivity (Wildman–Crippen MR) is 67.3 cm³/mol. The summed E-state index contributed by atoms with van der Waals surface area (Å²) in [4.78, 5) is 2.42. The van der Waals surface area contributed by atoms with Crippen LogP contribution in [0.5, 0.6) is 0 Å². The molecule has 0 bridgehead atoms.